The highest BCUT2D eigenvalue weighted by Gasteiger charge is 2.47. The summed E-state index contributed by atoms with van der Waals surface area (Å²) >= 11 is 0. The van der Waals surface area contributed by atoms with E-state index in [1.54, 1.807) is 13.8 Å². The molecular formula is C18H25N5O7. The average molecular weight is 423 g/mol. The Balaban J connectivity index is 1.70. The molecule has 30 heavy (non-hydrogen) atoms. The van der Waals surface area contributed by atoms with Crippen molar-refractivity contribution >= 4 is 23.0 Å². The number of fused-ring (bicyclic) bond motifs is 1. The molecule has 164 valence electrons. The second-order valence-electron chi connectivity index (χ2n) is 7.66. The van der Waals surface area contributed by atoms with E-state index in [4.69, 9.17) is 14.2 Å². The fourth-order valence-electron chi connectivity index (χ4n) is 3.50. The van der Waals surface area contributed by atoms with Gasteiger partial charge in [-0.3, -0.25) is 24.5 Å². The smallest absolute Gasteiger partial charge is 0.280 e. The zero-order valence-corrected chi connectivity index (χ0v) is 16.6. The molecule has 0 spiro atoms. The average Bonchev–Trinajstić information content (AvgIpc) is 3.43. The largest absolute Gasteiger partial charge is 0.394 e. The normalized spacial score (nSPS) is 29.2. The minimum atomic E-state index is -1.12. The number of rotatable bonds is 6. The zero-order chi connectivity index (χ0) is 21.4. The van der Waals surface area contributed by atoms with Crippen LogP contribution in [0.25, 0.3) is 11.2 Å². The monoisotopic (exact) mass is 423 g/mol. The van der Waals surface area contributed by atoms with Crippen molar-refractivity contribution in [3.05, 3.63) is 16.7 Å². The second-order valence-corrected chi connectivity index (χ2v) is 7.66. The maximum atomic E-state index is 12.4. The van der Waals surface area contributed by atoms with Gasteiger partial charge in [-0.1, -0.05) is 13.8 Å². The van der Waals surface area contributed by atoms with Gasteiger partial charge < -0.3 is 24.4 Å². The van der Waals surface area contributed by atoms with Gasteiger partial charge in [0.25, 0.3) is 5.56 Å². The number of hydrogen-bond donors (Lipinski definition) is 4. The van der Waals surface area contributed by atoms with Gasteiger partial charge in [0.1, 0.15) is 18.3 Å². The Morgan fingerprint density at radius 3 is 2.97 bits per heavy atom. The molecule has 12 heteroatoms. The number of H-pyrrole nitrogens is 1. The van der Waals surface area contributed by atoms with Crippen molar-refractivity contribution in [3.8, 4) is 0 Å². The molecule has 4 N–H and O–H groups in total. The van der Waals surface area contributed by atoms with Crippen LogP contribution in [0.1, 0.15) is 32.9 Å². The number of hydrogen-bond acceptors (Lipinski definition) is 9. The van der Waals surface area contributed by atoms with E-state index in [0.717, 1.165) is 6.42 Å². The predicted molar refractivity (Wildman–Crippen MR) is 102 cm³/mol. The minimum Gasteiger partial charge on any atom is -0.394 e. The van der Waals surface area contributed by atoms with Crippen molar-refractivity contribution in [1.29, 1.82) is 0 Å². The maximum Gasteiger partial charge on any atom is 0.280 e. The summed E-state index contributed by atoms with van der Waals surface area (Å²) in [6.07, 6.45) is -1.43. The molecule has 1 amide bonds. The SMILES string of the molecule is CC(C)C(=O)Nc1nc2c(ncn2[C@H]2O[C@H](CO)[C@@H](O)[C@H]2OC2CCCO2)c(=O)[nH]1. The van der Waals surface area contributed by atoms with Crippen LogP contribution in [0.4, 0.5) is 5.95 Å². The van der Waals surface area contributed by atoms with Crippen LogP contribution in [0.5, 0.6) is 0 Å². The van der Waals surface area contributed by atoms with Gasteiger partial charge in [0.15, 0.2) is 23.7 Å². The number of amides is 1. The number of imidazole rings is 1. The highest BCUT2D eigenvalue weighted by Crippen LogP contribution is 2.35. The third kappa shape index (κ3) is 3.84. The Hall–Kier alpha value is -2.38. The van der Waals surface area contributed by atoms with Gasteiger partial charge in [0.05, 0.1) is 12.9 Å². The van der Waals surface area contributed by atoms with E-state index < -0.39 is 43.0 Å². The standard InChI is InChI=1S/C18H25N5O7/c1-8(2)15(26)21-18-20-14-11(16(27)22-18)19-7-23(14)17-13(12(25)9(6-24)29-17)30-10-4-3-5-28-10/h7-10,12-13,17,24-25H,3-6H2,1-2H3,(H2,20,21,22,26,27)/t9-,10?,12-,13-,17+/m1/s1. The molecule has 0 aliphatic carbocycles. The van der Waals surface area contributed by atoms with Crippen LogP contribution in [0.3, 0.4) is 0 Å². The summed E-state index contributed by atoms with van der Waals surface area (Å²) in [4.78, 5) is 35.3. The lowest BCUT2D eigenvalue weighted by atomic mass is 10.1. The van der Waals surface area contributed by atoms with Gasteiger partial charge in [0.2, 0.25) is 11.9 Å². The zero-order valence-electron chi connectivity index (χ0n) is 16.6. The van der Waals surface area contributed by atoms with E-state index in [2.05, 4.69) is 20.3 Å². The fraction of sp³-hybridized carbons (Fsp3) is 0.667. The molecule has 1 unspecified atom stereocenters. The van der Waals surface area contributed by atoms with E-state index in [0.29, 0.717) is 13.0 Å². The first kappa shape index (κ1) is 20.9. The van der Waals surface area contributed by atoms with Gasteiger partial charge in [-0.2, -0.15) is 4.98 Å². The number of carbonyl (C=O) groups is 1. The Morgan fingerprint density at radius 1 is 1.50 bits per heavy atom. The number of nitrogens with zero attached hydrogens (tertiary/aromatic N) is 3. The summed E-state index contributed by atoms with van der Waals surface area (Å²) in [5.41, 5.74) is -0.347. The van der Waals surface area contributed by atoms with Crippen LogP contribution >= 0.6 is 0 Å². The quantitative estimate of drug-likeness (QED) is 0.479. The van der Waals surface area contributed by atoms with Crippen molar-refractivity contribution in [1.82, 2.24) is 19.5 Å². The number of ether oxygens (including phenoxy) is 3. The van der Waals surface area contributed by atoms with Crippen LogP contribution in [0.15, 0.2) is 11.1 Å². The minimum absolute atomic E-state index is 0.0261. The summed E-state index contributed by atoms with van der Waals surface area (Å²) in [5.74, 6) is -0.642. The van der Waals surface area contributed by atoms with E-state index in [1.165, 1.54) is 10.9 Å². The number of carbonyl (C=O) groups excluding carboxylic acids is 1. The van der Waals surface area contributed by atoms with E-state index in [1.807, 2.05) is 0 Å². The summed E-state index contributed by atoms with van der Waals surface area (Å²) in [5, 5.41) is 22.7. The number of anilines is 1. The molecule has 2 aromatic heterocycles. The summed E-state index contributed by atoms with van der Waals surface area (Å²) in [6.45, 7) is 3.57. The summed E-state index contributed by atoms with van der Waals surface area (Å²) in [6, 6.07) is 0. The molecule has 0 aromatic carbocycles. The summed E-state index contributed by atoms with van der Waals surface area (Å²) < 4.78 is 18.7. The Labute approximate surface area is 171 Å². The topological polar surface area (TPSA) is 161 Å². The first-order valence-corrected chi connectivity index (χ1v) is 9.88. The van der Waals surface area contributed by atoms with Crippen molar-refractivity contribution in [3.63, 3.8) is 0 Å². The Kier molecular flexibility index (Phi) is 5.84. The maximum absolute atomic E-state index is 12.4. The molecule has 4 rings (SSSR count). The number of aromatic amines is 1. The van der Waals surface area contributed by atoms with Crippen LogP contribution in [0, 0.1) is 5.92 Å². The molecule has 2 saturated heterocycles. The molecule has 5 atom stereocenters. The molecule has 2 aliphatic heterocycles. The van der Waals surface area contributed by atoms with E-state index in [-0.39, 0.29) is 28.9 Å². The van der Waals surface area contributed by atoms with Crippen molar-refractivity contribution < 1.29 is 29.2 Å². The highest BCUT2D eigenvalue weighted by atomic mass is 16.7. The third-order valence-electron chi connectivity index (χ3n) is 5.16. The van der Waals surface area contributed by atoms with Gasteiger partial charge in [-0.15, -0.1) is 0 Å². The number of aromatic nitrogens is 4. The van der Waals surface area contributed by atoms with Gasteiger partial charge in [-0.25, -0.2) is 4.98 Å². The van der Waals surface area contributed by atoms with E-state index >= 15 is 0 Å². The molecule has 12 nitrogen and oxygen atoms in total. The molecule has 0 bridgehead atoms. The van der Waals surface area contributed by atoms with Gasteiger partial charge in [0, 0.05) is 18.9 Å². The van der Waals surface area contributed by atoms with Gasteiger partial charge >= 0.3 is 0 Å². The lowest BCUT2D eigenvalue weighted by Crippen LogP contribution is -2.38. The van der Waals surface area contributed by atoms with Crippen molar-refractivity contribution in [2.24, 2.45) is 5.92 Å². The van der Waals surface area contributed by atoms with Crippen LogP contribution in [-0.4, -0.2) is 73.5 Å². The molecule has 0 saturated carbocycles. The molecule has 2 fully saturated rings. The molecule has 2 aromatic rings. The molecule has 2 aliphatic rings. The first-order valence-electron chi connectivity index (χ1n) is 9.88. The van der Waals surface area contributed by atoms with Crippen LogP contribution in [0.2, 0.25) is 0 Å². The van der Waals surface area contributed by atoms with Gasteiger partial charge in [-0.05, 0) is 6.42 Å². The van der Waals surface area contributed by atoms with Crippen molar-refractivity contribution in [2.75, 3.05) is 18.5 Å². The van der Waals surface area contributed by atoms with Crippen LogP contribution < -0.4 is 10.9 Å². The van der Waals surface area contributed by atoms with E-state index in [9.17, 15) is 19.8 Å². The fourth-order valence-corrected chi connectivity index (χ4v) is 3.50. The lowest BCUT2D eigenvalue weighted by molar-refractivity contribution is -0.181. The molecular weight excluding hydrogens is 398 g/mol. The molecule has 4 heterocycles. The third-order valence-corrected chi connectivity index (χ3v) is 5.16. The number of nitrogens with one attached hydrogen (secondary N) is 2. The second kappa shape index (κ2) is 8.40. The number of aliphatic hydroxyl groups is 2. The molecule has 0 radical (unpaired) electrons. The first-order chi connectivity index (χ1) is 14.4. The predicted octanol–water partition coefficient (Wildman–Crippen LogP) is -0.514. The van der Waals surface area contributed by atoms with Crippen LogP contribution in [-0.2, 0) is 19.0 Å². The number of aliphatic hydroxyl groups excluding tert-OH is 2. The highest BCUT2D eigenvalue weighted by molar-refractivity contribution is 5.91. The lowest BCUT2D eigenvalue weighted by Gasteiger charge is -2.24. The Bertz CT molecular complexity index is 967. The van der Waals surface area contributed by atoms with Crippen molar-refractivity contribution in [2.45, 2.75) is 57.5 Å². The summed E-state index contributed by atoms with van der Waals surface area (Å²) in [7, 11) is 0. The Morgan fingerprint density at radius 2 is 2.30 bits per heavy atom.